The van der Waals surface area contributed by atoms with Crippen molar-refractivity contribution in [1.82, 2.24) is 4.98 Å². The fourth-order valence-corrected chi connectivity index (χ4v) is 3.63. The molecular weight excluding hydrogens is 346 g/mol. The Labute approximate surface area is 135 Å². The quantitative estimate of drug-likeness (QED) is 0.624. The lowest BCUT2D eigenvalue weighted by atomic mass is 10.1. The molecular formula is C17H12BrNOS. The molecule has 1 aliphatic rings. The van der Waals surface area contributed by atoms with E-state index in [2.05, 4.69) is 45.6 Å². The maximum atomic E-state index is 6.00. The van der Waals surface area contributed by atoms with Gasteiger partial charge in [-0.3, -0.25) is 0 Å². The van der Waals surface area contributed by atoms with Gasteiger partial charge in [0.1, 0.15) is 10.8 Å². The van der Waals surface area contributed by atoms with Crippen LogP contribution in [0.4, 0.5) is 0 Å². The molecule has 2 aromatic carbocycles. The van der Waals surface area contributed by atoms with E-state index >= 15 is 0 Å². The Bertz CT molecular complexity index is 756. The predicted molar refractivity (Wildman–Crippen MR) is 88.8 cm³/mol. The van der Waals surface area contributed by atoms with E-state index in [0.29, 0.717) is 0 Å². The predicted octanol–water partition coefficient (Wildman–Crippen LogP) is 5.25. The molecule has 1 aliphatic heterocycles. The molecule has 4 rings (SSSR count). The van der Waals surface area contributed by atoms with E-state index in [1.54, 1.807) is 11.3 Å². The van der Waals surface area contributed by atoms with E-state index in [1.807, 2.05) is 24.3 Å². The van der Waals surface area contributed by atoms with E-state index in [4.69, 9.17) is 9.72 Å². The third kappa shape index (κ3) is 2.49. The van der Waals surface area contributed by atoms with Gasteiger partial charge in [-0.15, -0.1) is 11.3 Å². The molecule has 1 aromatic heterocycles. The van der Waals surface area contributed by atoms with Gasteiger partial charge in [0.2, 0.25) is 0 Å². The zero-order valence-corrected chi connectivity index (χ0v) is 13.5. The average Bonchev–Trinajstić information content (AvgIpc) is 3.14. The molecule has 104 valence electrons. The van der Waals surface area contributed by atoms with Gasteiger partial charge < -0.3 is 4.74 Å². The summed E-state index contributed by atoms with van der Waals surface area (Å²) in [6.45, 7) is 0. The van der Waals surface area contributed by atoms with Crippen molar-refractivity contribution in [1.29, 1.82) is 0 Å². The van der Waals surface area contributed by atoms with Crippen molar-refractivity contribution in [2.45, 2.75) is 12.5 Å². The highest BCUT2D eigenvalue weighted by Gasteiger charge is 2.26. The highest BCUT2D eigenvalue weighted by Crippen LogP contribution is 2.38. The Morgan fingerprint density at radius 3 is 2.71 bits per heavy atom. The summed E-state index contributed by atoms with van der Waals surface area (Å²) < 4.78 is 7.08. The second-order valence-electron chi connectivity index (χ2n) is 5.00. The van der Waals surface area contributed by atoms with Crippen LogP contribution in [0.25, 0.3) is 11.3 Å². The number of benzene rings is 2. The summed E-state index contributed by atoms with van der Waals surface area (Å²) in [4.78, 5) is 4.75. The van der Waals surface area contributed by atoms with Crippen molar-refractivity contribution in [2.24, 2.45) is 0 Å². The number of halogens is 1. The maximum absolute atomic E-state index is 6.00. The first-order valence-electron chi connectivity index (χ1n) is 6.75. The van der Waals surface area contributed by atoms with Crippen LogP contribution in [-0.2, 0) is 6.42 Å². The summed E-state index contributed by atoms with van der Waals surface area (Å²) in [5, 5.41) is 3.15. The number of nitrogens with zero attached hydrogens (tertiary/aromatic N) is 1. The minimum absolute atomic E-state index is 0.0524. The third-order valence-electron chi connectivity index (χ3n) is 3.58. The SMILES string of the molecule is Brc1ccc(-c2csc(C3Cc4ccccc4O3)n2)cc1. The van der Waals surface area contributed by atoms with E-state index in [1.165, 1.54) is 5.56 Å². The monoisotopic (exact) mass is 357 g/mol. The van der Waals surface area contributed by atoms with Crippen LogP contribution in [0, 0.1) is 0 Å². The number of rotatable bonds is 2. The minimum Gasteiger partial charge on any atom is -0.483 e. The molecule has 0 bridgehead atoms. The van der Waals surface area contributed by atoms with Crippen molar-refractivity contribution < 1.29 is 4.74 Å². The van der Waals surface area contributed by atoms with E-state index < -0.39 is 0 Å². The molecule has 0 radical (unpaired) electrons. The summed E-state index contributed by atoms with van der Waals surface area (Å²) >= 11 is 5.12. The van der Waals surface area contributed by atoms with Crippen LogP contribution >= 0.6 is 27.3 Å². The maximum Gasteiger partial charge on any atom is 0.154 e. The summed E-state index contributed by atoms with van der Waals surface area (Å²) in [6, 6.07) is 16.4. The normalized spacial score (nSPS) is 16.5. The van der Waals surface area contributed by atoms with Crippen LogP contribution in [-0.4, -0.2) is 4.98 Å². The molecule has 2 nitrogen and oxygen atoms in total. The van der Waals surface area contributed by atoms with Crippen LogP contribution in [0.3, 0.4) is 0 Å². The minimum atomic E-state index is 0.0524. The topological polar surface area (TPSA) is 22.1 Å². The molecule has 4 heteroatoms. The fourth-order valence-electron chi connectivity index (χ4n) is 2.51. The molecule has 0 saturated heterocycles. The third-order valence-corrected chi connectivity index (χ3v) is 5.05. The number of ether oxygens (including phenoxy) is 1. The van der Waals surface area contributed by atoms with Gasteiger partial charge in [-0.25, -0.2) is 4.98 Å². The lowest BCUT2D eigenvalue weighted by Crippen LogP contribution is -2.02. The Morgan fingerprint density at radius 2 is 1.90 bits per heavy atom. The zero-order chi connectivity index (χ0) is 14.2. The molecule has 1 atom stereocenters. The largest absolute Gasteiger partial charge is 0.483 e. The van der Waals surface area contributed by atoms with Gasteiger partial charge in [-0.2, -0.15) is 0 Å². The van der Waals surface area contributed by atoms with Crippen LogP contribution in [0.2, 0.25) is 0 Å². The lowest BCUT2D eigenvalue weighted by molar-refractivity contribution is 0.238. The summed E-state index contributed by atoms with van der Waals surface area (Å²) in [5.74, 6) is 0.989. The average molecular weight is 358 g/mol. The number of fused-ring (bicyclic) bond motifs is 1. The number of thiazole rings is 1. The molecule has 3 aromatic rings. The molecule has 2 heterocycles. The van der Waals surface area contributed by atoms with Crippen molar-refractivity contribution >= 4 is 27.3 Å². The van der Waals surface area contributed by atoms with Gasteiger partial charge in [0, 0.05) is 21.8 Å². The Balaban J connectivity index is 1.60. The van der Waals surface area contributed by atoms with Gasteiger partial charge >= 0.3 is 0 Å². The second-order valence-corrected chi connectivity index (χ2v) is 6.80. The summed E-state index contributed by atoms with van der Waals surface area (Å²) in [7, 11) is 0. The molecule has 0 N–H and O–H groups in total. The number of para-hydroxylation sites is 1. The van der Waals surface area contributed by atoms with Gasteiger partial charge in [-0.1, -0.05) is 46.3 Å². The van der Waals surface area contributed by atoms with Gasteiger partial charge in [0.15, 0.2) is 6.10 Å². The van der Waals surface area contributed by atoms with E-state index in [9.17, 15) is 0 Å². The number of aromatic nitrogens is 1. The second kappa shape index (κ2) is 5.28. The summed E-state index contributed by atoms with van der Waals surface area (Å²) in [5.41, 5.74) is 3.42. The zero-order valence-electron chi connectivity index (χ0n) is 11.1. The molecule has 1 unspecified atom stereocenters. The molecule has 0 fully saturated rings. The van der Waals surface area contributed by atoms with Crippen molar-refractivity contribution in [3.05, 3.63) is 69.0 Å². The van der Waals surface area contributed by atoms with E-state index in [0.717, 1.165) is 32.9 Å². The molecule has 0 amide bonds. The molecule has 21 heavy (non-hydrogen) atoms. The Kier molecular flexibility index (Phi) is 3.28. The van der Waals surface area contributed by atoms with Crippen molar-refractivity contribution in [2.75, 3.05) is 0 Å². The Hall–Kier alpha value is -1.65. The molecule has 0 aliphatic carbocycles. The summed E-state index contributed by atoms with van der Waals surface area (Å²) in [6.07, 6.45) is 0.959. The standard InChI is InChI=1S/C17H12BrNOS/c18-13-7-5-11(6-8-13)14-10-21-17(19-14)16-9-12-3-1-2-4-15(12)20-16/h1-8,10,16H,9H2. The van der Waals surface area contributed by atoms with E-state index in [-0.39, 0.29) is 6.10 Å². The first kappa shape index (κ1) is 13.0. The fraction of sp³-hybridized carbons (Fsp3) is 0.118. The highest BCUT2D eigenvalue weighted by atomic mass is 79.9. The molecule has 0 spiro atoms. The van der Waals surface area contributed by atoms with Crippen molar-refractivity contribution in [3.8, 4) is 17.0 Å². The van der Waals surface area contributed by atoms with Gasteiger partial charge in [-0.05, 0) is 23.8 Å². The first-order chi connectivity index (χ1) is 10.3. The van der Waals surface area contributed by atoms with Crippen LogP contribution in [0.1, 0.15) is 16.7 Å². The lowest BCUT2D eigenvalue weighted by Gasteiger charge is -2.06. The van der Waals surface area contributed by atoms with Gasteiger partial charge in [0.25, 0.3) is 0 Å². The van der Waals surface area contributed by atoms with Crippen LogP contribution in [0.5, 0.6) is 5.75 Å². The number of hydrogen-bond donors (Lipinski definition) is 0. The smallest absolute Gasteiger partial charge is 0.154 e. The van der Waals surface area contributed by atoms with Gasteiger partial charge in [0.05, 0.1) is 5.69 Å². The van der Waals surface area contributed by atoms with Crippen molar-refractivity contribution in [3.63, 3.8) is 0 Å². The highest BCUT2D eigenvalue weighted by molar-refractivity contribution is 9.10. The van der Waals surface area contributed by atoms with Crippen LogP contribution < -0.4 is 4.74 Å². The number of hydrogen-bond acceptors (Lipinski definition) is 3. The first-order valence-corrected chi connectivity index (χ1v) is 8.43. The molecule has 0 saturated carbocycles. The Morgan fingerprint density at radius 1 is 1.10 bits per heavy atom. The van der Waals surface area contributed by atoms with Crippen LogP contribution in [0.15, 0.2) is 58.4 Å².